The van der Waals surface area contributed by atoms with Gasteiger partial charge in [-0.15, -0.1) is 0 Å². The van der Waals surface area contributed by atoms with Gasteiger partial charge < -0.3 is 18.6 Å². The van der Waals surface area contributed by atoms with Gasteiger partial charge in [-0.05, 0) is 60.2 Å². The van der Waals surface area contributed by atoms with Crippen LogP contribution in [0.15, 0.2) is 107 Å². The van der Waals surface area contributed by atoms with Crippen molar-refractivity contribution in [2.45, 2.75) is 9.79 Å². The van der Waals surface area contributed by atoms with Crippen LogP contribution >= 0.6 is 0 Å². The molecule has 0 spiro atoms. The van der Waals surface area contributed by atoms with Crippen LogP contribution in [0.2, 0.25) is 0 Å². The molecule has 0 saturated heterocycles. The Morgan fingerprint density at radius 3 is 1.62 bits per heavy atom. The summed E-state index contributed by atoms with van der Waals surface area (Å²) in [6.45, 7) is 0. The van der Waals surface area contributed by atoms with E-state index in [1.54, 1.807) is 30.3 Å². The van der Waals surface area contributed by atoms with Crippen molar-refractivity contribution in [3.8, 4) is 34.1 Å². The zero-order valence-electron chi connectivity index (χ0n) is 16.6. The second-order valence-corrected chi connectivity index (χ2v) is 8.58. The molecule has 0 amide bonds. The maximum atomic E-state index is 11.2. The maximum absolute atomic E-state index is 11.2. The molecule has 2 atom stereocenters. The third kappa shape index (κ3) is 5.12. The first-order valence-electron chi connectivity index (χ1n) is 9.47. The third-order valence-corrected chi connectivity index (χ3v) is 5.91. The van der Waals surface area contributed by atoms with Crippen LogP contribution in [0.4, 0.5) is 0 Å². The summed E-state index contributed by atoms with van der Waals surface area (Å²) in [4.78, 5) is 0.541. The molecular formula is C24H18O6S2. The lowest BCUT2D eigenvalue weighted by Gasteiger charge is -2.17. The Morgan fingerprint density at radius 1 is 0.562 bits per heavy atom. The van der Waals surface area contributed by atoms with Gasteiger partial charge in [-0.1, -0.05) is 42.5 Å². The average molecular weight is 467 g/mol. The van der Waals surface area contributed by atoms with Gasteiger partial charge in [-0.25, -0.2) is 8.42 Å². The van der Waals surface area contributed by atoms with Crippen LogP contribution in [0.25, 0.3) is 11.1 Å². The summed E-state index contributed by atoms with van der Waals surface area (Å²) in [5.74, 6) is 1.85. The predicted molar refractivity (Wildman–Crippen MR) is 123 cm³/mol. The largest absolute Gasteiger partial charge is 0.453 e. The Labute approximate surface area is 190 Å². The molecule has 4 aromatic carbocycles. The fraction of sp³-hybridized carbons (Fsp3) is 0. The fourth-order valence-corrected chi connectivity index (χ4v) is 3.78. The quantitative estimate of drug-likeness (QED) is 0.320. The van der Waals surface area contributed by atoms with E-state index in [1.165, 1.54) is 24.3 Å². The minimum absolute atomic E-state index is 0.270. The zero-order chi connectivity index (χ0) is 22.5. The smallest absolute Gasteiger partial charge is 0.186 e. The zero-order valence-corrected chi connectivity index (χ0v) is 18.2. The van der Waals surface area contributed by atoms with Crippen molar-refractivity contribution in [2.75, 3.05) is 0 Å². The molecule has 4 aromatic rings. The second kappa shape index (κ2) is 9.88. The first-order chi connectivity index (χ1) is 15.5. The van der Waals surface area contributed by atoms with Gasteiger partial charge in [0.25, 0.3) is 0 Å². The molecule has 2 N–H and O–H groups in total. The number of hydrogen-bond acceptors (Lipinski definition) is 4. The average Bonchev–Trinajstić information content (AvgIpc) is 2.81. The van der Waals surface area contributed by atoms with E-state index in [9.17, 15) is 17.5 Å². The molecular weight excluding hydrogens is 448 g/mol. The van der Waals surface area contributed by atoms with Crippen molar-refractivity contribution < 1.29 is 27.0 Å². The lowest BCUT2D eigenvalue weighted by Crippen LogP contribution is -1.95. The molecule has 8 heteroatoms. The highest BCUT2D eigenvalue weighted by Gasteiger charge is 2.15. The Hall–Kier alpha value is -3.30. The van der Waals surface area contributed by atoms with Crippen LogP contribution in [0.5, 0.6) is 23.0 Å². The van der Waals surface area contributed by atoms with Crippen molar-refractivity contribution in [3.05, 3.63) is 97.1 Å². The summed E-state index contributed by atoms with van der Waals surface area (Å²) in [5, 5.41) is 0. The highest BCUT2D eigenvalue weighted by molar-refractivity contribution is 7.79. The molecule has 0 heterocycles. The minimum atomic E-state index is -2.07. The van der Waals surface area contributed by atoms with Crippen LogP contribution in [0.1, 0.15) is 0 Å². The number of benzene rings is 4. The van der Waals surface area contributed by atoms with Gasteiger partial charge in [-0.3, -0.25) is 0 Å². The van der Waals surface area contributed by atoms with Crippen molar-refractivity contribution in [2.24, 2.45) is 0 Å². The topological polar surface area (TPSA) is 93.1 Å². The summed E-state index contributed by atoms with van der Waals surface area (Å²) < 4.78 is 53.1. The van der Waals surface area contributed by atoms with Crippen molar-refractivity contribution in [1.82, 2.24) is 0 Å². The molecule has 0 saturated carbocycles. The molecule has 0 radical (unpaired) electrons. The van der Waals surface area contributed by atoms with Crippen LogP contribution in [-0.2, 0) is 22.2 Å². The molecule has 0 aliphatic rings. The van der Waals surface area contributed by atoms with E-state index in [2.05, 4.69) is 0 Å². The molecule has 0 aliphatic carbocycles. The van der Waals surface area contributed by atoms with Gasteiger partial charge in [0, 0.05) is 5.56 Å². The number of rotatable bonds is 7. The molecule has 32 heavy (non-hydrogen) atoms. The summed E-state index contributed by atoms with van der Waals surface area (Å²) in [6, 6.07) is 27.7. The Morgan fingerprint density at radius 2 is 1.09 bits per heavy atom. The highest BCUT2D eigenvalue weighted by Crippen LogP contribution is 2.42. The summed E-state index contributed by atoms with van der Waals surface area (Å²) in [7, 11) is 0. The molecule has 0 fully saturated rings. The predicted octanol–water partition coefficient (Wildman–Crippen LogP) is 6.10. The fourth-order valence-electron chi connectivity index (χ4n) is 3.04. The number of para-hydroxylation sites is 1. The van der Waals surface area contributed by atoms with E-state index in [0.717, 1.165) is 11.1 Å². The summed E-state index contributed by atoms with van der Waals surface area (Å²) >= 11 is -4.14. The lowest BCUT2D eigenvalue weighted by atomic mass is 10.0. The van der Waals surface area contributed by atoms with Crippen LogP contribution in [0, 0.1) is 0 Å². The lowest BCUT2D eigenvalue weighted by molar-refractivity contribution is 0.419. The van der Waals surface area contributed by atoms with Crippen LogP contribution in [0.3, 0.4) is 0 Å². The van der Waals surface area contributed by atoms with Crippen molar-refractivity contribution in [3.63, 3.8) is 0 Å². The van der Waals surface area contributed by atoms with E-state index in [-0.39, 0.29) is 9.79 Å². The Bertz CT molecular complexity index is 1260. The number of hydrogen-bond donors (Lipinski definition) is 2. The van der Waals surface area contributed by atoms with E-state index >= 15 is 0 Å². The SMILES string of the molecule is O=S(O)c1ccc(Oc2cccc(-c3ccccc3)c2Oc2ccc(S(=O)O)cc2)cc1. The van der Waals surface area contributed by atoms with E-state index in [1.807, 2.05) is 42.5 Å². The Balaban J connectivity index is 1.74. The number of ether oxygens (including phenoxy) is 2. The van der Waals surface area contributed by atoms with Crippen LogP contribution < -0.4 is 9.47 Å². The molecule has 2 unspecified atom stereocenters. The third-order valence-electron chi connectivity index (χ3n) is 4.56. The van der Waals surface area contributed by atoms with Gasteiger partial charge in [0.15, 0.2) is 33.7 Å². The summed E-state index contributed by atoms with van der Waals surface area (Å²) in [5.41, 5.74) is 1.72. The van der Waals surface area contributed by atoms with Gasteiger partial charge in [0.2, 0.25) is 0 Å². The molecule has 6 nitrogen and oxygen atoms in total. The van der Waals surface area contributed by atoms with E-state index in [4.69, 9.17) is 9.47 Å². The second-order valence-electron chi connectivity index (χ2n) is 6.64. The first kappa shape index (κ1) is 21.9. The van der Waals surface area contributed by atoms with E-state index < -0.39 is 22.2 Å². The molecule has 162 valence electrons. The standard InChI is InChI=1S/C24H18O6S2/c25-31(26)20-13-9-18(10-14-20)29-23-8-4-7-22(17-5-2-1-3-6-17)24(23)30-19-11-15-21(16-12-19)32(27)28/h1-16H,(H,25,26)(H,27,28). The van der Waals surface area contributed by atoms with Gasteiger partial charge in [0.1, 0.15) is 11.5 Å². The van der Waals surface area contributed by atoms with Crippen LogP contribution in [-0.4, -0.2) is 17.5 Å². The maximum Gasteiger partial charge on any atom is 0.186 e. The molecule has 0 bridgehead atoms. The Kier molecular flexibility index (Phi) is 6.77. The molecule has 0 aliphatic heterocycles. The normalized spacial score (nSPS) is 12.7. The molecule has 4 rings (SSSR count). The summed E-state index contributed by atoms with van der Waals surface area (Å²) in [6.07, 6.45) is 0. The molecule has 0 aromatic heterocycles. The van der Waals surface area contributed by atoms with Crippen molar-refractivity contribution in [1.29, 1.82) is 0 Å². The van der Waals surface area contributed by atoms with E-state index in [0.29, 0.717) is 23.0 Å². The highest BCUT2D eigenvalue weighted by atomic mass is 32.2. The van der Waals surface area contributed by atoms with Crippen molar-refractivity contribution >= 4 is 22.2 Å². The van der Waals surface area contributed by atoms with Gasteiger partial charge in [-0.2, -0.15) is 0 Å². The van der Waals surface area contributed by atoms with Gasteiger partial charge in [0.05, 0.1) is 9.79 Å². The monoisotopic (exact) mass is 466 g/mol. The first-order valence-corrected chi connectivity index (χ1v) is 11.7. The van der Waals surface area contributed by atoms with Gasteiger partial charge >= 0.3 is 0 Å². The minimum Gasteiger partial charge on any atom is -0.453 e.